The van der Waals surface area contributed by atoms with Gasteiger partial charge in [-0.3, -0.25) is 9.59 Å². The maximum Gasteiger partial charge on any atom is 0.255 e. The van der Waals surface area contributed by atoms with Crippen LogP contribution in [0, 0.1) is 12.8 Å². The Morgan fingerprint density at radius 3 is 2.68 bits per heavy atom. The van der Waals surface area contributed by atoms with Crippen LogP contribution in [0.1, 0.15) is 39.9 Å². The fourth-order valence-corrected chi connectivity index (χ4v) is 3.40. The molecule has 0 aromatic heterocycles. The molecular formula is C21H22N2O2. The van der Waals surface area contributed by atoms with Crippen LogP contribution >= 0.6 is 0 Å². The third kappa shape index (κ3) is 3.43. The molecule has 4 nitrogen and oxygen atoms in total. The summed E-state index contributed by atoms with van der Waals surface area (Å²) in [7, 11) is 0. The van der Waals surface area contributed by atoms with Gasteiger partial charge < -0.3 is 10.2 Å². The van der Waals surface area contributed by atoms with Crippen molar-refractivity contribution in [3.63, 3.8) is 0 Å². The topological polar surface area (TPSA) is 49.4 Å². The Morgan fingerprint density at radius 1 is 1.08 bits per heavy atom. The molecule has 2 amide bonds. The van der Waals surface area contributed by atoms with Crippen LogP contribution in [0.5, 0.6) is 0 Å². The van der Waals surface area contributed by atoms with Gasteiger partial charge in [0.05, 0.1) is 0 Å². The molecule has 1 fully saturated rings. The Labute approximate surface area is 147 Å². The lowest BCUT2D eigenvalue weighted by atomic mass is 9.98. The number of nitrogens with zero attached hydrogens (tertiary/aromatic N) is 1. The molecule has 2 aliphatic rings. The molecular weight excluding hydrogens is 312 g/mol. The molecule has 4 rings (SSSR count). The summed E-state index contributed by atoms with van der Waals surface area (Å²) in [5, 5.41) is 2.97. The molecule has 0 unspecified atom stereocenters. The van der Waals surface area contributed by atoms with E-state index in [1.807, 2.05) is 48.2 Å². The van der Waals surface area contributed by atoms with Gasteiger partial charge in [-0.05, 0) is 61.6 Å². The van der Waals surface area contributed by atoms with Crippen molar-refractivity contribution in [2.75, 3.05) is 11.9 Å². The van der Waals surface area contributed by atoms with Crippen molar-refractivity contribution in [3.05, 3.63) is 64.7 Å². The number of carbonyl (C=O) groups excluding carboxylic acids is 2. The maximum atomic E-state index is 12.4. The smallest absolute Gasteiger partial charge is 0.255 e. The average Bonchev–Trinajstić information content (AvgIpc) is 3.45. The predicted molar refractivity (Wildman–Crippen MR) is 97.4 cm³/mol. The minimum atomic E-state index is -0.106. The van der Waals surface area contributed by atoms with Crippen molar-refractivity contribution < 1.29 is 9.59 Å². The standard InChI is InChI=1S/C21H22N2O2/c1-14-3-2-4-17(11-14)20(24)22-19-8-7-15-9-10-23(13-18(15)12-19)21(25)16-5-6-16/h2-4,7-8,11-12,16H,5-6,9-10,13H2,1H3,(H,22,24). The van der Waals surface area contributed by atoms with Gasteiger partial charge in [-0.15, -0.1) is 0 Å². The number of carbonyl (C=O) groups is 2. The molecule has 1 aliphatic carbocycles. The van der Waals surface area contributed by atoms with Crippen LogP contribution in [0.15, 0.2) is 42.5 Å². The number of hydrogen-bond acceptors (Lipinski definition) is 2. The maximum absolute atomic E-state index is 12.4. The van der Waals surface area contributed by atoms with Crippen molar-refractivity contribution in [2.45, 2.75) is 32.7 Å². The van der Waals surface area contributed by atoms with Gasteiger partial charge in [0.25, 0.3) is 5.91 Å². The normalized spacial score (nSPS) is 16.3. The molecule has 2 aromatic carbocycles. The van der Waals surface area contributed by atoms with E-state index >= 15 is 0 Å². The highest BCUT2D eigenvalue weighted by atomic mass is 16.2. The molecule has 0 saturated heterocycles. The summed E-state index contributed by atoms with van der Waals surface area (Å²) in [5.74, 6) is 0.441. The predicted octanol–water partition coefficient (Wildman–Crippen LogP) is 3.54. The Hall–Kier alpha value is -2.62. The van der Waals surface area contributed by atoms with Crippen molar-refractivity contribution in [1.29, 1.82) is 0 Å². The molecule has 0 bridgehead atoms. The molecule has 128 valence electrons. The van der Waals surface area contributed by atoms with Gasteiger partial charge in [0.15, 0.2) is 0 Å². The fourth-order valence-electron chi connectivity index (χ4n) is 3.40. The van der Waals surface area contributed by atoms with Crippen LogP contribution in [-0.2, 0) is 17.8 Å². The van der Waals surface area contributed by atoms with Crippen molar-refractivity contribution in [1.82, 2.24) is 4.90 Å². The SMILES string of the molecule is Cc1cccc(C(=O)Nc2ccc3c(c2)CN(C(=O)C2CC2)CC3)c1. The van der Waals surface area contributed by atoms with Gasteiger partial charge in [0.2, 0.25) is 5.91 Å². The zero-order chi connectivity index (χ0) is 17.4. The van der Waals surface area contributed by atoms with Crippen molar-refractivity contribution in [3.8, 4) is 0 Å². The van der Waals surface area contributed by atoms with Crippen molar-refractivity contribution in [2.24, 2.45) is 5.92 Å². The first-order valence-electron chi connectivity index (χ1n) is 8.89. The Bertz CT molecular complexity index is 840. The van der Waals surface area contributed by atoms with Crippen LogP contribution in [0.25, 0.3) is 0 Å². The third-order valence-corrected chi connectivity index (χ3v) is 4.99. The molecule has 1 N–H and O–H groups in total. The number of nitrogens with one attached hydrogen (secondary N) is 1. The molecule has 1 saturated carbocycles. The highest BCUT2D eigenvalue weighted by Gasteiger charge is 2.34. The molecule has 4 heteroatoms. The van der Waals surface area contributed by atoms with Crippen LogP contribution in [-0.4, -0.2) is 23.3 Å². The summed E-state index contributed by atoms with van der Waals surface area (Å²) < 4.78 is 0. The fraction of sp³-hybridized carbons (Fsp3) is 0.333. The largest absolute Gasteiger partial charge is 0.338 e. The summed E-state index contributed by atoms with van der Waals surface area (Å²) in [5.41, 5.74) is 4.91. The highest BCUT2D eigenvalue weighted by Crippen LogP contribution is 2.33. The lowest BCUT2D eigenvalue weighted by Crippen LogP contribution is -2.36. The molecule has 0 atom stereocenters. The van der Waals surface area contributed by atoms with Gasteiger partial charge in [0.1, 0.15) is 0 Å². The van der Waals surface area contributed by atoms with Gasteiger partial charge in [-0.1, -0.05) is 23.8 Å². The van der Waals surface area contributed by atoms with Gasteiger partial charge in [-0.25, -0.2) is 0 Å². The quantitative estimate of drug-likeness (QED) is 0.933. The molecule has 0 radical (unpaired) electrons. The lowest BCUT2D eigenvalue weighted by Gasteiger charge is -2.29. The second-order valence-corrected chi connectivity index (χ2v) is 7.09. The summed E-state index contributed by atoms with van der Waals surface area (Å²) in [4.78, 5) is 26.7. The van der Waals surface area contributed by atoms with Crippen LogP contribution < -0.4 is 5.32 Å². The molecule has 2 aromatic rings. The first-order valence-corrected chi connectivity index (χ1v) is 8.89. The summed E-state index contributed by atoms with van der Waals surface area (Å²) in [6.07, 6.45) is 2.96. The van der Waals surface area contributed by atoms with E-state index < -0.39 is 0 Å². The zero-order valence-corrected chi connectivity index (χ0v) is 14.4. The first kappa shape index (κ1) is 15.9. The van der Waals surface area contributed by atoms with E-state index in [0.717, 1.165) is 42.6 Å². The lowest BCUT2D eigenvalue weighted by molar-refractivity contribution is -0.133. The van der Waals surface area contributed by atoms with Crippen molar-refractivity contribution >= 4 is 17.5 Å². The van der Waals surface area contributed by atoms with Gasteiger partial charge >= 0.3 is 0 Å². The number of hydrogen-bond donors (Lipinski definition) is 1. The Morgan fingerprint density at radius 2 is 1.92 bits per heavy atom. The van der Waals surface area contributed by atoms with Crippen LogP contribution in [0.3, 0.4) is 0 Å². The van der Waals surface area contributed by atoms with Crippen LogP contribution in [0.4, 0.5) is 5.69 Å². The molecule has 1 aliphatic heterocycles. The molecule has 0 spiro atoms. The van der Waals surface area contributed by atoms with E-state index in [-0.39, 0.29) is 11.8 Å². The number of rotatable bonds is 3. The Balaban J connectivity index is 1.50. The minimum absolute atomic E-state index is 0.106. The van der Waals surface area contributed by atoms with Crippen LogP contribution in [0.2, 0.25) is 0 Å². The van der Waals surface area contributed by atoms with Gasteiger partial charge in [0, 0.05) is 30.3 Å². The average molecular weight is 334 g/mol. The van der Waals surface area contributed by atoms with E-state index in [4.69, 9.17) is 0 Å². The second kappa shape index (κ2) is 6.36. The summed E-state index contributed by atoms with van der Waals surface area (Å²) in [6.45, 7) is 3.43. The monoisotopic (exact) mass is 334 g/mol. The number of aryl methyl sites for hydroxylation is 1. The highest BCUT2D eigenvalue weighted by molar-refractivity contribution is 6.04. The van der Waals surface area contributed by atoms with E-state index in [1.54, 1.807) is 0 Å². The first-order chi connectivity index (χ1) is 12.1. The van der Waals surface area contributed by atoms with E-state index in [9.17, 15) is 9.59 Å². The second-order valence-electron chi connectivity index (χ2n) is 7.09. The van der Waals surface area contributed by atoms with E-state index in [2.05, 4.69) is 11.4 Å². The minimum Gasteiger partial charge on any atom is -0.338 e. The van der Waals surface area contributed by atoms with Gasteiger partial charge in [-0.2, -0.15) is 0 Å². The Kier molecular flexibility index (Phi) is 4.04. The number of benzene rings is 2. The number of anilines is 1. The number of fused-ring (bicyclic) bond motifs is 1. The molecule has 25 heavy (non-hydrogen) atoms. The summed E-state index contributed by atoms with van der Waals surface area (Å²) >= 11 is 0. The third-order valence-electron chi connectivity index (χ3n) is 4.99. The van der Waals surface area contributed by atoms with E-state index in [1.165, 1.54) is 5.56 Å². The summed E-state index contributed by atoms with van der Waals surface area (Å²) in [6, 6.07) is 13.6. The molecule has 1 heterocycles. The zero-order valence-electron chi connectivity index (χ0n) is 14.4. The van der Waals surface area contributed by atoms with E-state index in [0.29, 0.717) is 18.0 Å². The number of amides is 2.